The van der Waals surface area contributed by atoms with Crippen molar-refractivity contribution < 1.29 is 4.79 Å². The van der Waals surface area contributed by atoms with Crippen LogP contribution in [0.3, 0.4) is 0 Å². The molecule has 0 unspecified atom stereocenters. The molecule has 0 heterocycles. The molecule has 0 radical (unpaired) electrons. The minimum Gasteiger partial charge on any atom is -0.344 e. The number of likely N-dealkylation sites (N-methyl/N-ethyl adjacent to an activating group) is 2. The van der Waals surface area contributed by atoms with Gasteiger partial charge in [0.2, 0.25) is 5.91 Å². The van der Waals surface area contributed by atoms with Gasteiger partial charge in [-0.2, -0.15) is 0 Å². The second-order valence-corrected chi connectivity index (χ2v) is 5.31. The van der Waals surface area contributed by atoms with Crippen LogP contribution in [0.25, 0.3) is 0 Å². The van der Waals surface area contributed by atoms with Gasteiger partial charge in [0.15, 0.2) is 0 Å². The summed E-state index contributed by atoms with van der Waals surface area (Å²) in [5.41, 5.74) is -0.239. The molecular weight excluding hydrogens is 188 g/mol. The zero-order chi connectivity index (χ0) is 12.1. The Kier molecular flexibility index (Phi) is 5.88. The number of hydrogen-bond acceptors (Lipinski definition) is 2. The maximum atomic E-state index is 12.1. The van der Waals surface area contributed by atoms with Gasteiger partial charge in [0.25, 0.3) is 0 Å². The van der Waals surface area contributed by atoms with E-state index in [1.54, 1.807) is 0 Å². The monoisotopic (exact) mass is 214 g/mol. The minimum atomic E-state index is -0.239. The first-order valence-electron chi connectivity index (χ1n) is 5.71. The number of nitrogens with one attached hydrogen (secondary N) is 1. The zero-order valence-electron chi connectivity index (χ0n) is 11.1. The SMILES string of the molecule is CNCCN(C)C(=O)C(C)(C)CC(C)C. The number of carbonyl (C=O) groups is 1. The Balaban J connectivity index is 4.27. The second-order valence-electron chi connectivity index (χ2n) is 5.31. The van der Waals surface area contributed by atoms with Crippen molar-refractivity contribution in [1.82, 2.24) is 10.2 Å². The van der Waals surface area contributed by atoms with Crippen molar-refractivity contribution >= 4 is 5.91 Å². The average Bonchev–Trinajstić information content (AvgIpc) is 2.10. The van der Waals surface area contributed by atoms with E-state index in [0.29, 0.717) is 5.92 Å². The van der Waals surface area contributed by atoms with E-state index < -0.39 is 0 Å². The van der Waals surface area contributed by atoms with Crippen LogP contribution in [0, 0.1) is 11.3 Å². The highest BCUT2D eigenvalue weighted by Crippen LogP contribution is 2.27. The van der Waals surface area contributed by atoms with Gasteiger partial charge < -0.3 is 10.2 Å². The van der Waals surface area contributed by atoms with E-state index in [1.165, 1.54) is 0 Å². The van der Waals surface area contributed by atoms with Crippen LogP contribution in [0.2, 0.25) is 0 Å². The molecule has 0 aromatic rings. The molecule has 0 bridgehead atoms. The van der Waals surface area contributed by atoms with Crippen molar-refractivity contribution in [2.24, 2.45) is 11.3 Å². The number of nitrogens with zero attached hydrogens (tertiary/aromatic N) is 1. The molecule has 1 amide bonds. The van der Waals surface area contributed by atoms with E-state index in [2.05, 4.69) is 19.2 Å². The lowest BCUT2D eigenvalue weighted by Crippen LogP contribution is -2.41. The van der Waals surface area contributed by atoms with Gasteiger partial charge in [-0.05, 0) is 19.4 Å². The normalized spacial score (nSPS) is 11.9. The Morgan fingerprint density at radius 1 is 1.40 bits per heavy atom. The first-order chi connectivity index (χ1) is 6.81. The van der Waals surface area contributed by atoms with E-state index in [9.17, 15) is 4.79 Å². The van der Waals surface area contributed by atoms with E-state index in [0.717, 1.165) is 19.5 Å². The number of amides is 1. The predicted molar refractivity (Wildman–Crippen MR) is 64.8 cm³/mol. The van der Waals surface area contributed by atoms with E-state index in [1.807, 2.05) is 32.8 Å². The largest absolute Gasteiger partial charge is 0.344 e. The fourth-order valence-corrected chi connectivity index (χ4v) is 2.01. The van der Waals surface area contributed by atoms with Crippen molar-refractivity contribution in [3.05, 3.63) is 0 Å². The van der Waals surface area contributed by atoms with Gasteiger partial charge in [0, 0.05) is 25.6 Å². The molecule has 0 saturated carbocycles. The van der Waals surface area contributed by atoms with Crippen LogP contribution in [0.4, 0.5) is 0 Å². The molecule has 0 saturated heterocycles. The number of hydrogen-bond donors (Lipinski definition) is 1. The number of carbonyl (C=O) groups excluding carboxylic acids is 1. The Hall–Kier alpha value is -0.570. The lowest BCUT2D eigenvalue weighted by Gasteiger charge is -2.30. The minimum absolute atomic E-state index is 0.239. The molecule has 0 aromatic carbocycles. The Morgan fingerprint density at radius 2 is 1.93 bits per heavy atom. The summed E-state index contributed by atoms with van der Waals surface area (Å²) < 4.78 is 0. The molecule has 0 aliphatic heterocycles. The molecule has 3 heteroatoms. The van der Waals surface area contributed by atoms with E-state index >= 15 is 0 Å². The van der Waals surface area contributed by atoms with Crippen molar-refractivity contribution in [3.63, 3.8) is 0 Å². The Bertz CT molecular complexity index is 200. The van der Waals surface area contributed by atoms with Gasteiger partial charge in [-0.15, -0.1) is 0 Å². The van der Waals surface area contributed by atoms with Gasteiger partial charge in [-0.1, -0.05) is 27.7 Å². The van der Waals surface area contributed by atoms with Gasteiger partial charge in [0.05, 0.1) is 0 Å². The standard InChI is InChI=1S/C12H26N2O/c1-10(2)9-12(3,4)11(15)14(6)8-7-13-5/h10,13H,7-9H2,1-6H3. The lowest BCUT2D eigenvalue weighted by molar-refractivity contribution is -0.139. The molecule has 1 N–H and O–H groups in total. The summed E-state index contributed by atoms with van der Waals surface area (Å²) in [6, 6.07) is 0. The van der Waals surface area contributed by atoms with Crippen LogP contribution in [-0.4, -0.2) is 38.0 Å². The summed E-state index contributed by atoms with van der Waals surface area (Å²) in [6.07, 6.45) is 0.940. The van der Waals surface area contributed by atoms with Gasteiger partial charge in [0.1, 0.15) is 0 Å². The number of rotatable bonds is 6. The third-order valence-corrected chi connectivity index (χ3v) is 2.54. The van der Waals surface area contributed by atoms with Crippen LogP contribution in [-0.2, 0) is 4.79 Å². The molecule has 3 nitrogen and oxygen atoms in total. The molecule has 0 aliphatic carbocycles. The van der Waals surface area contributed by atoms with Gasteiger partial charge >= 0.3 is 0 Å². The van der Waals surface area contributed by atoms with Crippen LogP contribution < -0.4 is 5.32 Å². The molecule has 0 aromatic heterocycles. The smallest absolute Gasteiger partial charge is 0.228 e. The highest BCUT2D eigenvalue weighted by Gasteiger charge is 2.30. The van der Waals surface area contributed by atoms with E-state index in [-0.39, 0.29) is 11.3 Å². The van der Waals surface area contributed by atoms with Gasteiger partial charge in [-0.3, -0.25) is 4.79 Å². The summed E-state index contributed by atoms with van der Waals surface area (Å²) in [6.45, 7) is 10.00. The summed E-state index contributed by atoms with van der Waals surface area (Å²) in [5.74, 6) is 0.799. The fourth-order valence-electron chi connectivity index (χ4n) is 2.01. The highest BCUT2D eigenvalue weighted by atomic mass is 16.2. The molecule has 15 heavy (non-hydrogen) atoms. The first kappa shape index (κ1) is 14.4. The first-order valence-corrected chi connectivity index (χ1v) is 5.71. The third-order valence-electron chi connectivity index (χ3n) is 2.54. The second kappa shape index (κ2) is 6.11. The maximum Gasteiger partial charge on any atom is 0.228 e. The Morgan fingerprint density at radius 3 is 2.33 bits per heavy atom. The maximum absolute atomic E-state index is 12.1. The van der Waals surface area contributed by atoms with Crippen molar-refractivity contribution in [2.75, 3.05) is 27.2 Å². The van der Waals surface area contributed by atoms with Gasteiger partial charge in [-0.25, -0.2) is 0 Å². The van der Waals surface area contributed by atoms with Crippen molar-refractivity contribution in [1.29, 1.82) is 0 Å². The van der Waals surface area contributed by atoms with Crippen molar-refractivity contribution in [2.45, 2.75) is 34.1 Å². The Labute approximate surface area is 94.2 Å². The van der Waals surface area contributed by atoms with Crippen LogP contribution in [0.15, 0.2) is 0 Å². The van der Waals surface area contributed by atoms with Crippen LogP contribution >= 0.6 is 0 Å². The van der Waals surface area contributed by atoms with Crippen molar-refractivity contribution in [3.8, 4) is 0 Å². The molecule has 0 fully saturated rings. The van der Waals surface area contributed by atoms with Crippen LogP contribution in [0.1, 0.15) is 34.1 Å². The molecule has 0 atom stereocenters. The quantitative estimate of drug-likeness (QED) is 0.730. The average molecular weight is 214 g/mol. The molecule has 0 aliphatic rings. The molecule has 0 rings (SSSR count). The summed E-state index contributed by atoms with van der Waals surface area (Å²) in [5, 5.41) is 3.05. The topological polar surface area (TPSA) is 32.3 Å². The zero-order valence-corrected chi connectivity index (χ0v) is 11.1. The fraction of sp³-hybridized carbons (Fsp3) is 0.917. The van der Waals surface area contributed by atoms with Crippen LogP contribution in [0.5, 0.6) is 0 Å². The van der Waals surface area contributed by atoms with E-state index in [4.69, 9.17) is 0 Å². The molecular formula is C12H26N2O. The predicted octanol–water partition coefficient (Wildman–Crippen LogP) is 1.74. The highest BCUT2D eigenvalue weighted by molar-refractivity contribution is 5.81. The summed E-state index contributed by atoms with van der Waals surface area (Å²) in [7, 11) is 3.78. The molecule has 90 valence electrons. The molecule has 0 spiro atoms. The lowest BCUT2D eigenvalue weighted by atomic mass is 9.83. The third kappa shape index (κ3) is 5.17. The summed E-state index contributed by atoms with van der Waals surface area (Å²) in [4.78, 5) is 13.9. The summed E-state index contributed by atoms with van der Waals surface area (Å²) >= 11 is 0.